The molecule has 5 aromatic rings. The third-order valence-electron chi connectivity index (χ3n) is 5.15. The first-order valence-corrected chi connectivity index (χ1v) is 8.77. The van der Waals surface area contributed by atoms with Crippen molar-refractivity contribution in [2.24, 2.45) is 0 Å². The second-order valence-corrected chi connectivity index (χ2v) is 6.83. The Morgan fingerprint density at radius 3 is 2.67 bits per heavy atom. The smallest absolute Gasteiger partial charge is 0.260 e. The van der Waals surface area contributed by atoms with E-state index in [0.29, 0.717) is 11.0 Å². The fraction of sp³-hybridized carbons (Fsp3) is 0.143. The molecule has 6 nitrogen and oxygen atoms in total. The number of H-pyrrole nitrogens is 1. The second-order valence-electron chi connectivity index (χ2n) is 6.83. The highest BCUT2D eigenvalue weighted by Gasteiger charge is 2.20. The minimum atomic E-state index is -0.162. The number of aromatic nitrogens is 5. The monoisotopic (exact) mass is 355 g/mol. The van der Waals surface area contributed by atoms with Crippen molar-refractivity contribution in [1.82, 2.24) is 24.5 Å². The lowest BCUT2D eigenvalue weighted by molar-refractivity contribution is 1.06. The van der Waals surface area contributed by atoms with E-state index >= 15 is 0 Å². The highest BCUT2D eigenvalue weighted by atomic mass is 16.1. The first kappa shape index (κ1) is 15.7. The van der Waals surface area contributed by atoms with Gasteiger partial charge in [-0.2, -0.15) is 0 Å². The number of aromatic amines is 1. The van der Waals surface area contributed by atoms with Gasteiger partial charge in [0.2, 0.25) is 0 Å². The standard InChI is InChI=1S/C21H17N5O/c1-11-6-7-16-14(5-4-8-22-16)18(11)26-19-15(9-12(2)13(3)25-19)17-20(26)23-10-24-21(17)27/h4-10H,1-3H3,(H,23,24,27). The molecule has 27 heavy (non-hydrogen) atoms. The molecular weight excluding hydrogens is 338 g/mol. The fourth-order valence-electron chi connectivity index (χ4n) is 3.70. The summed E-state index contributed by atoms with van der Waals surface area (Å²) in [7, 11) is 0. The quantitative estimate of drug-likeness (QED) is 0.497. The van der Waals surface area contributed by atoms with Crippen LogP contribution in [0.1, 0.15) is 16.8 Å². The van der Waals surface area contributed by atoms with E-state index in [4.69, 9.17) is 4.98 Å². The van der Waals surface area contributed by atoms with Gasteiger partial charge in [-0.05, 0) is 56.2 Å². The number of nitrogens with zero attached hydrogens (tertiary/aromatic N) is 4. The van der Waals surface area contributed by atoms with Gasteiger partial charge in [-0.25, -0.2) is 9.97 Å². The van der Waals surface area contributed by atoms with Crippen molar-refractivity contribution in [2.45, 2.75) is 20.8 Å². The molecule has 0 atom stereocenters. The van der Waals surface area contributed by atoms with Crippen LogP contribution in [0.2, 0.25) is 0 Å². The van der Waals surface area contributed by atoms with Gasteiger partial charge in [0.25, 0.3) is 5.56 Å². The Morgan fingerprint density at radius 1 is 0.963 bits per heavy atom. The lowest BCUT2D eigenvalue weighted by atomic mass is 10.1. The Hall–Kier alpha value is -3.54. The van der Waals surface area contributed by atoms with E-state index in [1.165, 1.54) is 6.33 Å². The van der Waals surface area contributed by atoms with Gasteiger partial charge >= 0.3 is 0 Å². The number of hydrogen-bond acceptors (Lipinski definition) is 4. The molecule has 0 fully saturated rings. The molecule has 4 aromatic heterocycles. The third-order valence-corrected chi connectivity index (χ3v) is 5.15. The Morgan fingerprint density at radius 2 is 1.81 bits per heavy atom. The van der Waals surface area contributed by atoms with E-state index in [1.807, 2.05) is 55.7 Å². The predicted octanol–water partition coefficient (Wildman–Crippen LogP) is 3.74. The summed E-state index contributed by atoms with van der Waals surface area (Å²) in [5, 5.41) is 2.37. The van der Waals surface area contributed by atoms with Gasteiger partial charge in [0, 0.05) is 22.7 Å². The van der Waals surface area contributed by atoms with Crippen molar-refractivity contribution in [3.63, 3.8) is 0 Å². The minimum absolute atomic E-state index is 0.162. The highest BCUT2D eigenvalue weighted by Crippen LogP contribution is 2.33. The van der Waals surface area contributed by atoms with Gasteiger partial charge in [-0.15, -0.1) is 0 Å². The molecule has 0 bridgehead atoms. The van der Waals surface area contributed by atoms with Gasteiger partial charge in [-0.1, -0.05) is 6.07 Å². The molecule has 6 heteroatoms. The average Bonchev–Trinajstić information content (AvgIpc) is 2.96. The van der Waals surface area contributed by atoms with Crippen LogP contribution in [0.3, 0.4) is 0 Å². The van der Waals surface area contributed by atoms with Crippen LogP contribution < -0.4 is 5.56 Å². The Labute approximate surface area is 154 Å². The molecule has 0 spiro atoms. The highest BCUT2D eigenvalue weighted by molar-refractivity contribution is 6.07. The summed E-state index contributed by atoms with van der Waals surface area (Å²) in [5.41, 5.74) is 6.06. The molecule has 1 N–H and O–H groups in total. The molecule has 1 aromatic carbocycles. The van der Waals surface area contributed by atoms with Crippen LogP contribution in [0.15, 0.2) is 47.7 Å². The van der Waals surface area contributed by atoms with Crippen molar-refractivity contribution < 1.29 is 0 Å². The number of benzene rings is 1. The molecule has 0 saturated carbocycles. The normalized spacial score (nSPS) is 11.7. The molecule has 5 rings (SSSR count). The maximum absolute atomic E-state index is 12.6. The summed E-state index contributed by atoms with van der Waals surface area (Å²) in [6, 6.07) is 10.0. The number of hydrogen-bond donors (Lipinski definition) is 1. The van der Waals surface area contributed by atoms with Gasteiger partial charge in [0.15, 0.2) is 5.65 Å². The maximum atomic E-state index is 12.6. The first-order valence-electron chi connectivity index (χ1n) is 8.77. The summed E-state index contributed by atoms with van der Waals surface area (Å²) < 4.78 is 1.99. The number of pyridine rings is 2. The number of aryl methyl sites for hydroxylation is 3. The zero-order valence-electron chi connectivity index (χ0n) is 15.2. The zero-order chi connectivity index (χ0) is 18.7. The molecule has 0 unspecified atom stereocenters. The largest absolute Gasteiger partial charge is 0.312 e. The van der Waals surface area contributed by atoms with Crippen LogP contribution in [0.4, 0.5) is 0 Å². The van der Waals surface area contributed by atoms with Crippen molar-refractivity contribution in [3.05, 3.63) is 70.0 Å². The van der Waals surface area contributed by atoms with E-state index in [2.05, 4.69) is 15.0 Å². The molecule has 0 aliphatic heterocycles. The number of rotatable bonds is 1. The van der Waals surface area contributed by atoms with Gasteiger partial charge < -0.3 is 4.98 Å². The molecule has 0 amide bonds. The summed E-state index contributed by atoms with van der Waals surface area (Å²) in [4.78, 5) is 29.1. The van der Waals surface area contributed by atoms with E-state index in [0.717, 1.165) is 44.4 Å². The van der Waals surface area contributed by atoms with E-state index in [9.17, 15) is 4.79 Å². The first-order chi connectivity index (χ1) is 13.1. The van der Waals surface area contributed by atoms with Crippen LogP contribution in [0.25, 0.3) is 38.7 Å². The van der Waals surface area contributed by atoms with Crippen LogP contribution >= 0.6 is 0 Å². The van der Waals surface area contributed by atoms with Crippen LogP contribution in [-0.4, -0.2) is 24.5 Å². The van der Waals surface area contributed by atoms with Crippen LogP contribution in [-0.2, 0) is 0 Å². The molecular formula is C21H17N5O. The molecule has 0 radical (unpaired) electrons. The molecule has 4 heterocycles. The predicted molar refractivity (Wildman–Crippen MR) is 107 cm³/mol. The van der Waals surface area contributed by atoms with Crippen molar-refractivity contribution in [2.75, 3.05) is 0 Å². The SMILES string of the molecule is Cc1cc2c3c(=O)[nH]cnc3n(-c3c(C)ccc4ncccc34)c2nc1C. The van der Waals surface area contributed by atoms with Crippen molar-refractivity contribution in [1.29, 1.82) is 0 Å². The number of fused-ring (bicyclic) bond motifs is 4. The zero-order valence-corrected chi connectivity index (χ0v) is 15.2. The van der Waals surface area contributed by atoms with Gasteiger partial charge in [0.05, 0.1) is 22.9 Å². The lowest BCUT2D eigenvalue weighted by Gasteiger charge is -2.13. The molecule has 0 aliphatic rings. The number of nitrogens with one attached hydrogen (secondary N) is 1. The minimum Gasteiger partial charge on any atom is -0.312 e. The van der Waals surface area contributed by atoms with Crippen LogP contribution in [0.5, 0.6) is 0 Å². The Kier molecular flexibility index (Phi) is 3.18. The molecule has 132 valence electrons. The van der Waals surface area contributed by atoms with Crippen LogP contribution in [0, 0.1) is 20.8 Å². The Bertz CT molecular complexity index is 1430. The summed E-state index contributed by atoms with van der Waals surface area (Å²) in [5.74, 6) is 0. The molecule has 0 saturated heterocycles. The molecule has 0 aliphatic carbocycles. The topological polar surface area (TPSA) is 76.5 Å². The van der Waals surface area contributed by atoms with Gasteiger partial charge in [-0.3, -0.25) is 14.3 Å². The summed E-state index contributed by atoms with van der Waals surface area (Å²) >= 11 is 0. The van der Waals surface area contributed by atoms with Gasteiger partial charge in [0.1, 0.15) is 5.65 Å². The summed E-state index contributed by atoms with van der Waals surface area (Å²) in [6.07, 6.45) is 3.22. The average molecular weight is 355 g/mol. The Balaban J connectivity index is 2.09. The maximum Gasteiger partial charge on any atom is 0.260 e. The fourth-order valence-corrected chi connectivity index (χ4v) is 3.70. The van der Waals surface area contributed by atoms with Crippen molar-refractivity contribution >= 4 is 33.0 Å². The van der Waals surface area contributed by atoms with Crippen molar-refractivity contribution in [3.8, 4) is 5.69 Å². The van der Waals surface area contributed by atoms with E-state index < -0.39 is 0 Å². The lowest BCUT2D eigenvalue weighted by Crippen LogP contribution is -2.07. The van der Waals surface area contributed by atoms with E-state index in [-0.39, 0.29) is 5.56 Å². The second kappa shape index (κ2) is 5.48. The third kappa shape index (κ3) is 2.13. The van der Waals surface area contributed by atoms with E-state index in [1.54, 1.807) is 6.20 Å². The summed E-state index contributed by atoms with van der Waals surface area (Å²) in [6.45, 7) is 6.03.